The van der Waals surface area contributed by atoms with Gasteiger partial charge in [-0.05, 0) is 31.2 Å². The largest absolute Gasteiger partial charge is 0.507 e. The van der Waals surface area contributed by atoms with Crippen molar-refractivity contribution in [3.63, 3.8) is 0 Å². The molecule has 0 amide bonds. The topological polar surface area (TPSA) is 53.7 Å². The summed E-state index contributed by atoms with van der Waals surface area (Å²) in [6, 6.07) is 3.41. The lowest BCUT2D eigenvalue weighted by molar-refractivity contribution is 0.306. The number of nitrogens with zero attached hydrogens (tertiary/aromatic N) is 1. The molecule has 1 N–H and O–H groups in total. The van der Waals surface area contributed by atoms with Crippen LogP contribution in [0.2, 0.25) is 0 Å². The summed E-state index contributed by atoms with van der Waals surface area (Å²) in [7, 11) is 1.98. The molecule has 1 aliphatic heterocycles. The normalized spacial score (nSPS) is 15.7. The standard InChI is InChI=1S/C14H14ClNO3/c1-16-5-4-8-9-2-3-12(17)10(6-15)13(9)19-14(18)11(8)7-16/h2-3,17H,4-7H2,1H3. The van der Waals surface area contributed by atoms with Crippen LogP contribution in [0.1, 0.15) is 16.7 Å². The Labute approximate surface area is 115 Å². The molecule has 1 aromatic heterocycles. The first-order chi connectivity index (χ1) is 9.11. The molecule has 4 nitrogen and oxygen atoms in total. The maximum Gasteiger partial charge on any atom is 0.341 e. The molecule has 0 fully saturated rings. The Bertz CT molecular complexity index is 708. The summed E-state index contributed by atoms with van der Waals surface area (Å²) in [4.78, 5) is 14.2. The van der Waals surface area contributed by atoms with Gasteiger partial charge in [0.05, 0.1) is 17.0 Å². The van der Waals surface area contributed by atoms with Crippen LogP contribution in [0.5, 0.6) is 5.75 Å². The summed E-state index contributed by atoms with van der Waals surface area (Å²) < 4.78 is 5.38. The first-order valence-electron chi connectivity index (χ1n) is 6.15. The summed E-state index contributed by atoms with van der Waals surface area (Å²) in [6.07, 6.45) is 0.806. The zero-order valence-electron chi connectivity index (χ0n) is 10.6. The van der Waals surface area contributed by atoms with Crippen LogP contribution >= 0.6 is 11.6 Å². The SMILES string of the molecule is CN1CCc2c(c(=O)oc3c(CCl)c(O)ccc23)C1. The van der Waals surface area contributed by atoms with Gasteiger partial charge in [-0.2, -0.15) is 0 Å². The number of alkyl halides is 1. The second-order valence-electron chi connectivity index (χ2n) is 4.91. The Morgan fingerprint density at radius 2 is 2.21 bits per heavy atom. The van der Waals surface area contributed by atoms with Gasteiger partial charge in [0.15, 0.2) is 0 Å². The molecule has 3 rings (SSSR count). The highest BCUT2D eigenvalue weighted by molar-refractivity contribution is 6.18. The van der Waals surface area contributed by atoms with Crippen LogP contribution in [0.3, 0.4) is 0 Å². The molecule has 5 heteroatoms. The number of halogens is 1. The molecule has 2 heterocycles. The van der Waals surface area contributed by atoms with Crippen molar-refractivity contribution >= 4 is 22.6 Å². The van der Waals surface area contributed by atoms with Crippen molar-refractivity contribution in [3.05, 3.63) is 39.2 Å². The van der Waals surface area contributed by atoms with Crippen LogP contribution in [0.4, 0.5) is 0 Å². The fourth-order valence-corrected chi connectivity index (χ4v) is 2.90. The lowest BCUT2D eigenvalue weighted by Gasteiger charge is -2.24. The van der Waals surface area contributed by atoms with E-state index in [1.54, 1.807) is 12.1 Å². The molecule has 0 spiro atoms. The fraction of sp³-hybridized carbons (Fsp3) is 0.357. The lowest BCUT2D eigenvalue weighted by Crippen LogP contribution is -2.31. The molecule has 0 saturated carbocycles. The van der Waals surface area contributed by atoms with Crippen LogP contribution in [-0.4, -0.2) is 23.6 Å². The molecule has 0 atom stereocenters. The van der Waals surface area contributed by atoms with Gasteiger partial charge < -0.3 is 14.4 Å². The van der Waals surface area contributed by atoms with Crippen molar-refractivity contribution in [1.29, 1.82) is 0 Å². The monoisotopic (exact) mass is 279 g/mol. The number of benzene rings is 1. The van der Waals surface area contributed by atoms with Crippen molar-refractivity contribution in [2.45, 2.75) is 18.8 Å². The van der Waals surface area contributed by atoms with Crippen LogP contribution in [0.25, 0.3) is 11.0 Å². The van der Waals surface area contributed by atoms with E-state index in [1.165, 1.54) is 0 Å². The van der Waals surface area contributed by atoms with E-state index in [-0.39, 0.29) is 17.3 Å². The van der Waals surface area contributed by atoms with Crippen molar-refractivity contribution in [3.8, 4) is 5.75 Å². The highest BCUT2D eigenvalue weighted by Crippen LogP contribution is 2.32. The Balaban J connectivity index is 2.38. The van der Waals surface area contributed by atoms with E-state index in [1.807, 2.05) is 7.05 Å². The summed E-state index contributed by atoms with van der Waals surface area (Å²) in [5.74, 6) is 0.184. The third-order valence-electron chi connectivity index (χ3n) is 3.67. The van der Waals surface area contributed by atoms with Crippen molar-refractivity contribution < 1.29 is 9.52 Å². The minimum atomic E-state index is -0.328. The second-order valence-corrected chi connectivity index (χ2v) is 5.18. The minimum Gasteiger partial charge on any atom is -0.507 e. The Morgan fingerprint density at radius 1 is 1.42 bits per heavy atom. The number of hydrogen-bond donors (Lipinski definition) is 1. The van der Waals surface area contributed by atoms with E-state index < -0.39 is 0 Å². The first kappa shape index (κ1) is 12.5. The number of likely N-dealkylation sites (N-methyl/N-ethyl adjacent to an activating group) is 1. The molecule has 19 heavy (non-hydrogen) atoms. The lowest BCUT2D eigenvalue weighted by atomic mass is 9.96. The second kappa shape index (κ2) is 4.54. The molecule has 0 aliphatic carbocycles. The Hall–Kier alpha value is -1.52. The molecular weight excluding hydrogens is 266 g/mol. The van der Waals surface area contributed by atoms with E-state index in [9.17, 15) is 9.90 Å². The number of phenols is 1. The average Bonchev–Trinajstić information content (AvgIpc) is 2.39. The molecule has 0 bridgehead atoms. The highest BCUT2D eigenvalue weighted by atomic mass is 35.5. The number of hydrogen-bond acceptors (Lipinski definition) is 4. The minimum absolute atomic E-state index is 0.0681. The zero-order chi connectivity index (χ0) is 13.6. The Kier molecular flexibility index (Phi) is 2.99. The van der Waals surface area contributed by atoms with Gasteiger partial charge >= 0.3 is 5.63 Å². The number of aromatic hydroxyl groups is 1. The van der Waals surface area contributed by atoms with Crippen LogP contribution in [0, 0.1) is 0 Å². The van der Waals surface area contributed by atoms with Crippen LogP contribution in [0.15, 0.2) is 21.3 Å². The molecular formula is C14H14ClNO3. The van der Waals surface area contributed by atoms with Gasteiger partial charge in [0.2, 0.25) is 0 Å². The molecule has 100 valence electrons. The van der Waals surface area contributed by atoms with Gasteiger partial charge in [0.1, 0.15) is 11.3 Å². The van der Waals surface area contributed by atoms with Gasteiger partial charge in [-0.15, -0.1) is 11.6 Å². The highest BCUT2D eigenvalue weighted by Gasteiger charge is 2.22. The maximum atomic E-state index is 12.1. The molecule has 0 unspecified atom stereocenters. The van der Waals surface area contributed by atoms with Gasteiger partial charge in [0.25, 0.3) is 0 Å². The van der Waals surface area contributed by atoms with E-state index >= 15 is 0 Å². The predicted octanol–water partition coefficient (Wildman–Crippen LogP) is 2.23. The van der Waals surface area contributed by atoms with Gasteiger partial charge in [-0.3, -0.25) is 0 Å². The Morgan fingerprint density at radius 3 is 2.95 bits per heavy atom. The molecule has 1 aromatic carbocycles. The third kappa shape index (κ3) is 1.91. The van der Waals surface area contributed by atoms with E-state index in [2.05, 4.69) is 4.90 Å². The number of rotatable bonds is 1. The smallest absolute Gasteiger partial charge is 0.341 e. The van der Waals surface area contributed by atoms with E-state index in [0.29, 0.717) is 23.3 Å². The van der Waals surface area contributed by atoms with Crippen LogP contribution < -0.4 is 5.63 Å². The molecule has 0 saturated heterocycles. The maximum absolute atomic E-state index is 12.1. The number of fused-ring (bicyclic) bond motifs is 3. The fourth-order valence-electron chi connectivity index (χ4n) is 2.64. The van der Waals surface area contributed by atoms with E-state index in [0.717, 1.165) is 23.9 Å². The van der Waals surface area contributed by atoms with Crippen molar-refractivity contribution in [2.75, 3.05) is 13.6 Å². The van der Waals surface area contributed by atoms with Crippen molar-refractivity contribution in [2.24, 2.45) is 0 Å². The van der Waals surface area contributed by atoms with Gasteiger partial charge in [-0.1, -0.05) is 0 Å². The quantitative estimate of drug-likeness (QED) is 0.642. The van der Waals surface area contributed by atoms with Gasteiger partial charge in [-0.25, -0.2) is 4.79 Å². The van der Waals surface area contributed by atoms with Gasteiger partial charge in [0, 0.05) is 18.5 Å². The molecule has 0 radical (unpaired) electrons. The third-order valence-corrected chi connectivity index (χ3v) is 3.94. The predicted molar refractivity (Wildman–Crippen MR) is 73.7 cm³/mol. The first-order valence-corrected chi connectivity index (χ1v) is 6.69. The summed E-state index contributed by atoms with van der Waals surface area (Å²) >= 11 is 5.84. The summed E-state index contributed by atoms with van der Waals surface area (Å²) in [5, 5.41) is 10.7. The molecule has 1 aliphatic rings. The summed E-state index contributed by atoms with van der Waals surface area (Å²) in [5.41, 5.74) is 2.32. The zero-order valence-corrected chi connectivity index (χ0v) is 11.3. The summed E-state index contributed by atoms with van der Waals surface area (Å²) in [6.45, 7) is 1.51. The van der Waals surface area contributed by atoms with E-state index in [4.69, 9.17) is 16.0 Å². The average molecular weight is 280 g/mol. The van der Waals surface area contributed by atoms with Crippen LogP contribution in [-0.2, 0) is 18.8 Å². The molecule has 2 aromatic rings. The van der Waals surface area contributed by atoms with Crippen molar-refractivity contribution in [1.82, 2.24) is 4.90 Å². The number of phenolic OH excluding ortho intramolecular Hbond substituents is 1.